The maximum Gasteiger partial charge on any atom is 0.586 e. The van der Waals surface area contributed by atoms with E-state index < -0.39 is 6.29 Å². The van der Waals surface area contributed by atoms with E-state index in [9.17, 15) is 8.78 Å². The molecule has 4 aromatic rings. The first kappa shape index (κ1) is 40.5. The number of hydrogen-bond acceptors (Lipinski definition) is 7. The molecule has 0 aliphatic carbocycles. The predicted molar refractivity (Wildman–Crippen MR) is 208 cm³/mol. The van der Waals surface area contributed by atoms with Crippen LogP contribution in [0.4, 0.5) is 8.78 Å². The van der Waals surface area contributed by atoms with Gasteiger partial charge in [0.2, 0.25) is 13.6 Å². The van der Waals surface area contributed by atoms with E-state index in [1.807, 2.05) is 39.0 Å². The highest BCUT2D eigenvalue weighted by Gasteiger charge is 2.45. The molecule has 0 aromatic heterocycles. The number of fused-ring (bicyclic) bond motifs is 4. The number of benzene rings is 4. The van der Waals surface area contributed by atoms with Gasteiger partial charge >= 0.3 is 6.29 Å². The van der Waals surface area contributed by atoms with Crippen LogP contribution in [0.1, 0.15) is 111 Å². The highest BCUT2D eigenvalue weighted by atomic mass is 19.3. The van der Waals surface area contributed by atoms with Crippen LogP contribution in [0.3, 0.4) is 0 Å². The molecule has 0 radical (unpaired) electrons. The van der Waals surface area contributed by atoms with E-state index in [1.54, 1.807) is 12.1 Å². The summed E-state index contributed by atoms with van der Waals surface area (Å²) in [6.45, 7) is 27.1. The van der Waals surface area contributed by atoms with Gasteiger partial charge < -0.3 is 33.2 Å². The lowest BCUT2D eigenvalue weighted by Gasteiger charge is -2.21. The van der Waals surface area contributed by atoms with Crippen LogP contribution in [0.2, 0.25) is 0 Å². The van der Waals surface area contributed by atoms with Crippen LogP contribution in [-0.2, 0) is 28.1 Å². The van der Waals surface area contributed by atoms with Crippen LogP contribution in [-0.4, -0.2) is 26.5 Å². The molecule has 4 aliphatic heterocycles. The number of ether oxygens (including phenoxy) is 7. The Morgan fingerprint density at radius 2 is 0.981 bits per heavy atom. The van der Waals surface area contributed by atoms with Gasteiger partial charge in [0.25, 0.3) is 0 Å². The highest BCUT2D eigenvalue weighted by molar-refractivity contribution is 5.52. The summed E-state index contributed by atoms with van der Waals surface area (Å²) in [5, 5.41) is 0. The summed E-state index contributed by atoms with van der Waals surface area (Å²) in [7, 11) is 0. The quantitative estimate of drug-likeness (QED) is 0.177. The van der Waals surface area contributed by atoms with E-state index in [2.05, 4.69) is 108 Å². The van der Waals surface area contributed by atoms with Gasteiger partial charge in [-0.3, -0.25) is 0 Å². The minimum absolute atomic E-state index is 0.104. The van der Waals surface area contributed by atoms with Gasteiger partial charge in [-0.05, 0) is 62.6 Å². The third-order valence-corrected chi connectivity index (χ3v) is 9.20. The molecule has 0 fully saturated rings. The minimum Gasteiger partial charge on any atom is -0.493 e. The van der Waals surface area contributed by atoms with Gasteiger partial charge in [-0.25, -0.2) is 0 Å². The van der Waals surface area contributed by atoms with Crippen molar-refractivity contribution in [2.45, 2.75) is 117 Å². The van der Waals surface area contributed by atoms with E-state index in [0.717, 1.165) is 47.3 Å². The fourth-order valence-corrected chi connectivity index (χ4v) is 6.25. The second-order valence-electron chi connectivity index (χ2n) is 17.8. The maximum absolute atomic E-state index is 12.9. The standard InChI is InChI=1S/C12H16O.C11H12F2O2.2C11H14O2/c1-12(2,3)10-6-4-5-9-7-8-13-11(9)10;1-10(2,3)7-5-4-6-8-9(7)15-11(12,13)14-8;1-11(2,3)8-4-5-9-10(6-8)13-7-12-9;1-11(2,3)8-5-4-6-9-10(8)13-7-12-9/h4-6H,7-8H2,1-3H3;4-6H,1-3H3;2*4-6H,7H2,1-3H3. The normalized spacial score (nSPS) is 15.7. The van der Waals surface area contributed by atoms with Crippen LogP contribution < -0.4 is 33.2 Å². The number of alkyl halides is 2. The summed E-state index contributed by atoms with van der Waals surface area (Å²) in [4.78, 5) is 0. The zero-order chi connectivity index (χ0) is 39.7. The Morgan fingerprint density at radius 1 is 0.463 bits per heavy atom. The summed E-state index contributed by atoms with van der Waals surface area (Å²) in [5.41, 5.74) is 6.12. The van der Waals surface area contributed by atoms with Crippen molar-refractivity contribution in [2.75, 3.05) is 20.2 Å². The number of rotatable bonds is 0. The molecule has 0 saturated carbocycles. The summed E-state index contributed by atoms with van der Waals surface area (Å²) in [6, 6.07) is 23.6. The van der Waals surface area contributed by atoms with Crippen LogP contribution >= 0.6 is 0 Å². The molecule has 0 unspecified atom stereocenters. The average molecular weight is 747 g/mol. The van der Waals surface area contributed by atoms with Crippen molar-refractivity contribution in [2.24, 2.45) is 0 Å². The lowest BCUT2D eigenvalue weighted by Crippen LogP contribution is -2.26. The lowest BCUT2D eigenvalue weighted by molar-refractivity contribution is -0.287. The fourth-order valence-electron chi connectivity index (χ4n) is 6.25. The molecule has 0 spiro atoms. The monoisotopic (exact) mass is 746 g/mol. The second kappa shape index (κ2) is 15.2. The van der Waals surface area contributed by atoms with Crippen molar-refractivity contribution in [1.29, 1.82) is 0 Å². The fraction of sp³-hybridized carbons (Fsp3) is 0.467. The highest BCUT2D eigenvalue weighted by Crippen LogP contribution is 2.47. The maximum atomic E-state index is 12.9. The molecule has 0 N–H and O–H groups in total. The van der Waals surface area contributed by atoms with Crippen molar-refractivity contribution in [3.8, 4) is 40.2 Å². The molecule has 4 aliphatic rings. The van der Waals surface area contributed by atoms with Crippen LogP contribution in [0.15, 0.2) is 72.8 Å². The molecule has 4 heterocycles. The Bertz CT molecular complexity index is 1860. The Labute approximate surface area is 319 Å². The molecule has 4 aromatic carbocycles. The summed E-state index contributed by atoms with van der Waals surface area (Å²) in [5.74, 6) is 4.89. The summed E-state index contributed by atoms with van der Waals surface area (Å²) < 4.78 is 61.6. The van der Waals surface area contributed by atoms with E-state index in [0.29, 0.717) is 13.6 Å². The zero-order valence-corrected chi connectivity index (χ0v) is 33.9. The molecule has 0 bridgehead atoms. The lowest BCUT2D eigenvalue weighted by atomic mass is 9.85. The van der Waals surface area contributed by atoms with E-state index >= 15 is 0 Å². The van der Waals surface area contributed by atoms with E-state index in [-0.39, 0.29) is 33.2 Å². The smallest absolute Gasteiger partial charge is 0.493 e. The van der Waals surface area contributed by atoms with Crippen LogP contribution in [0, 0.1) is 0 Å². The third kappa shape index (κ3) is 9.71. The molecule has 54 heavy (non-hydrogen) atoms. The van der Waals surface area contributed by atoms with Gasteiger partial charge in [0.05, 0.1) is 6.61 Å². The average Bonchev–Trinajstić information content (AvgIpc) is 3.87. The van der Waals surface area contributed by atoms with Crippen LogP contribution in [0.25, 0.3) is 0 Å². The minimum atomic E-state index is -3.54. The Kier molecular flexibility index (Phi) is 11.4. The predicted octanol–water partition coefficient (Wildman–Crippen LogP) is 11.7. The summed E-state index contributed by atoms with van der Waals surface area (Å²) in [6.07, 6.45) is -2.47. The first-order chi connectivity index (χ1) is 25.0. The van der Waals surface area contributed by atoms with Crippen molar-refractivity contribution >= 4 is 0 Å². The zero-order valence-electron chi connectivity index (χ0n) is 33.9. The Morgan fingerprint density at radius 3 is 1.59 bits per heavy atom. The number of halogens is 2. The van der Waals surface area contributed by atoms with Gasteiger partial charge in [-0.2, -0.15) is 0 Å². The van der Waals surface area contributed by atoms with Gasteiger partial charge in [-0.15, -0.1) is 8.78 Å². The van der Waals surface area contributed by atoms with Crippen molar-refractivity contribution in [3.05, 3.63) is 101 Å². The van der Waals surface area contributed by atoms with Crippen molar-refractivity contribution in [3.63, 3.8) is 0 Å². The Balaban J connectivity index is 0.000000139. The first-order valence-corrected chi connectivity index (χ1v) is 18.5. The number of para-hydroxylation sites is 3. The van der Waals surface area contributed by atoms with Gasteiger partial charge in [0.15, 0.2) is 34.5 Å². The van der Waals surface area contributed by atoms with E-state index in [4.69, 9.17) is 23.7 Å². The second-order valence-corrected chi connectivity index (χ2v) is 17.8. The van der Waals surface area contributed by atoms with Gasteiger partial charge in [-0.1, -0.05) is 132 Å². The third-order valence-electron chi connectivity index (χ3n) is 9.20. The molecule has 0 amide bonds. The molecule has 9 heteroatoms. The topological polar surface area (TPSA) is 64.6 Å². The largest absolute Gasteiger partial charge is 0.586 e. The Hall–Kier alpha value is -4.66. The molecule has 7 nitrogen and oxygen atoms in total. The summed E-state index contributed by atoms with van der Waals surface area (Å²) >= 11 is 0. The van der Waals surface area contributed by atoms with E-state index in [1.165, 1.54) is 28.3 Å². The van der Waals surface area contributed by atoms with Gasteiger partial charge in [0, 0.05) is 17.5 Å². The molecule has 0 saturated heterocycles. The first-order valence-electron chi connectivity index (χ1n) is 18.5. The molecule has 0 atom stereocenters. The SMILES string of the molecule is CC(C)(C)c1ccc2c(c1)OCO2.CC(C)(C)c1cccc2c1OC(F)(F)O2.CC(C)(C)c1cccc2c1OCC2.CC(C)(C)c1cccc2c1OCO2. The molecular formula is C45H56F2O7. The molecule has 8 rings (SSSR count). The van der Waals surface area contributed by atoms with Crippen LogP contribution in [0.5, 0.6) is 40.2 Å². The number of hydrogen-bond donors (Lipinski definition) is 0. The van der Waals surface area contributed by atoms with Gasteiger partial charge in [0.1, 0.15) is 5.75 Å². The van der Waals surface area contributed by atoms with Crippen molar-refractivity contribution in [1.82, 2.24) is 0 Å². The molecular weight excluding hydrogens is 690 g/mol. The van der Waals surface area contributed by atoms with Crippen molar-refractivity contribution < 1.29 is 41.9 Å². The molecule has 292 valence electrons.